The van der Waals surface area contributed by atoms with Gasteiger partial charge in [0.05, 0.1) is 5.54 Å². The summed E-state index contributed by atoms with van der Waals surface area (Å²) in [7, 11) is 0. The zero-order chi connectivity index (χ0) is 15.6. The van der Waals surface area contributed by atoms with E-state index >= 15 is 0 Å². The topological polar surface area (TPSA) is 64.3 Å². The van der Waals surface area contributed by atoms with Crippen molar-refractivity contribution in [1.29, 1.82) is 0 Å². The number of nitrogens with two attached hydrogens (primary N) is 1. The predicted molar refractivity (Wildman–Crippen MR) is 91.9 cm³/mol. The van der Waals surface area contributed by atoms with Gasteiger partial charge in [-0.25, -0.2) is 0 Å². The molecule has 3 N–H and O–H groups in total. The molecule has 6 heteroatoms. The smallest absolute Gasteiger partial charge is 0.261 e. The van der Waals surface area contributed by atoms with E-state index in [9.17, 15) is 4.79 Å². The van der Waals surface area contributed by atoms with Gasteiger partial charge >= 0.3 is 0 Å². The molecule has 1 saturated carbocycles. The van der Waals surface area contributed by atoms with Crippen molar-refractivity contribution in [3.63, 3.8) is 0 Å². The SMILES string of the molecule is Cc1cc(OC(C)C(=O)NC(C)(CN)C2CC2)ccc1Cl.Cl. The van der Waals surface area contributed by atoms with Crippen LogP contribution in [0.5, 0.6) is 5.75 Å². The van der Waals surface area contributed by atoms with E-state index in [2.05, 4.69) is 5.32 Å². The molecule has 0 spiro atoms. The molecule has 1 fully saturated rings. The highest BCUT2D eigenvalue weighted by molar-refractivity contribution is 6.31. The number of benzene rings is 1. The highest BCUT2D eigenvalue weighted by atomic mass is 35.5. The Bertz CT molecular complexity index is 535. The highest BCUT2D eigenvalue weighted by Gasteiger charge is 2.42. The van der Waals surface area contributed by atoms with Gasteiger partial charge in [0, 0.05) is 11.6 Å². The molecule has 1 aliphatic rings. The summed E-state index contributed by atoms with van der Waals surface area (Å²) in [6, 6.07) is 5.36. The molecule has 1 aromatic rings. The first-order valence-electron chi connectivity index (χ1n) is 7.30. The molecule has 1 amide bonds. The Balaban J connectivity index is 0.00000242. The Morgan fingerprint density at radius 3 is 2.68 bits per heavy atom. The lowest BCUT2D eigenvalue weighted by Gasteiger charge is -2.31. The number of hydrogen-bond donors (Lipinski definition) is 2. The van der Waals surface area contributed by atoms with Gasteiger partial charge in [-0.3, -0.25) is 4.79 Å². The number of halogens is 2. The van der Waals surface area contributed by atoms with Crippen LogP contribution in [0.4, 0.5) is 0 Å². The van der Waals surface area contributed by atoms with Gasteiger partial charge in [0.2, 0.25) is 0 Å². The van der Waals surface area contributed by atoms with Crippen LogP contribution in [0.1, 0.15) is 32.3 Å². The molecule has 0 aromatic heterocycles. The summed E-state index contributed by atoms with van der Waals surface area (Å²) >= 11 is 5.98. The molecule has 1 aromatic carbocycles. The van der Waals surface area contributed by atoms with E-state index in [-0.39, 0.29) is 23.9 Å². The molecule has 2 unspecified atom stereocenters. The largest absolute Gasteiger partial charge is 0.481 e. The second-order valence-electron chi connectivity index (χ2n) is 6.06. The second kappa shape index (κ2) is 7.53. The Labute approximate surface area is 143 Å². The summed E-state index contributed by atoms with van der Waals surface area (Å²) < 4.78 is 5.69. The third kappa shape index (κ3) is 4.51. The minimum absolute atomic E-state index is 0. The molecule has 2 atom stereocenters. The van der Waals surface area contributed by atoms with Crippen LogP contribution in [0.2, 0.25) is 5.02 Å². The highest BCUT2D eigenvalue weighted by Crippen LogP contribution is 2.39. The molecular formula is C16H24Cl2N2O2. The molecule has 0 bridgehead atoms. The van der Waals surface area contributed by atoms with Gasteiger partial charge < -0.3 is 15.8 Å². The van der Waals surface area contributed by atoms with Crippen LogP contribution in [0.3, 0.4) is 0 Å². The van der Waals surface area contributed by atoms with E-state index in [0.717, 1.165) is 18.4 Å². The Kier molecular flexibility index (Phi) is 6.53. The number of carbonyl (C=O) groups is 1. The van der Waals surface area contributed by atoms with Crippen molar-refractivity contribution in [3.8, 4) is 5.75 Å². The van der Waals surface area contributed by atoms with Crippen molar-refractivity contribution in [2.45, 2.75) is 45.3 Å². The first kappa shape index (κ1) is 19.1. The maximum atomic E-state index is 12.3. The molecular weight excluding hydrogens is 323 g/mol. The van der Waals surface area contributed by atoms with Crippen molar-refractivity contribution >= 4 is 29.9 Å². The lowest BCUT2D eigenvalue weighted by Crippen LogP contribution is -2.56. The van der Waals surface area contributed by atoms with Crippen LogP contribution in [-0.2, 0) is 4.79 Å². The Hall–Kier alpha value is -0.970. The molecule has 0 aliphatic heterocycles. The molecule has 0 heterocycles. The van der Waals surface area contributed by atoms with E-state index in [1.54, 1.807) is 19.1 Å². The number of nitrogens with one attached hydrogen (secondary N) is 1. The zero-order valence-corrected chi connectivity index (χ0v) is 14.8. The lowest BCUT2D eigenvalue weighted by molar-refractivity contribution is -0.129. The molecule has 4 nitrogen and oxygen atoms in total. The summed E-state index contributed by atoms with van der Waals surface area (Å²) in [5, 5.41) is 3.72. The summed E-state index contributed by atoms with van der Waals surface area (Å²) in [5.41, 5.74) is 6.41. The monoisotopic (exact) mass is 346 g/mol. The number of aryl methyl sites for hydroxylation is 1. The second-order valence-corrected chi connectivity index (χ2v) is 6.46. The van der Waals surface area contributed by atoms with Gasteiger partial charge in [-0.1, -0.05) is 11.6 Å². The van der Waals surface area contributed by atoms with Crippen LogP contribution in [0, 0.1) is 12.8 Å². The van der Waals surface area contributed by atoms with Crippen LogP contribution in [-0.4, -0.2) is 24.1 Å². The average molecular weight is 347 g/mol. The zero-order valence-electron chi connectivity index (χ0n) is 13.2. The van der Waals surface area contributed by atoms with Crippen LogP contribution in [0.25, 0.3) is 0 Å². The van der Waals surface area contributed by atoms with Crippen LogP contribution >= 0.6 is 24.0 Å². The fourth-order valence-corrected chi connectivity index (χ4v) is 2.49. The number of ether oxygens (including phenoxy) is 1. The summed E-state index contributed by atoms with van der Waals surface area (Å²) in [6.45, 7) is 6.08. The molecule has 0 saturated heterocycles. The van der Waals surface area contributed by atoms with Gasteiger partial charge in [0.25, 0.3) is 5.91 Å². The van der Waals surface area contributed by atoms with E-state index in [4.69, 9.17) is 22.1 Å². The molecule has 22 heavy (non-hydrogen) atoms. The first-order valence-corrected chi connectivity index (χ1v) is 7.68. The summed E-state index contributed by atoms with van der Waals surface area (Å²) in [5.74, 6) is 0.985. The molecule has 0 radical (unpaired) electrons. The fraction of sp³-hybridized carbons (Fsp3) is 0.562. The fourth-order valence-electron chi connectivity index (χ4n) is 2.37. The maximum absolute atomic E-state index is 12.3. The normalized spacial score (nSPS) is 17.9. The van der Waals surface area contributed by atoms with Gasteiger partial charge in [-0.05, 0) is 63.3 Å². The minimum atomic E-state index is -0.574. The molecule has 2 rings (SSSR count). The molecule has 124 valence electrons. The van der Waals surface area contributed by atoms with Crippen molar-refractivity contribution in [2.75, 3.05) is 6.54 Å². The predicted octanol–water partition coefficient (Wildman–Crippen LogP) is 3.08. The quantitative estimate of drug-likeness (QED) is 0.831. The Morgan fingerprint density at radius 1 is 1.55 bits per heavy atom. The van der Waals surface area contributed by atoms with Crippen molar-refractivity contribution in [2.24, 2.45) is 11.7 Å². The number of rotatable bonds is 6. The van der Waals surface area contributed by atoms with Crippen molar-refractivity contribution < 1.29 is 9.53 Å². The van der Waals surface area contributed by atoms with E-state index < -0.39 is 6.10 Å². The average Bonchev–Trinajstić information content (AvgIpc) is 3.27. The Morgan fingerprint density at radius 2 is 2.18 bits per heavy atom. The lowest BCUT2D eigenvalue weighted by atomic mass is 9.95. The van der Waals surface area contributed by atoms with Crippen LogP contribution in [0.15, 0.2) is 18.2 Å². The summed E-state index contributed by atoms with van der Waals surface area (Å²) in [6.07, 6.45) is 1.68. The van der Waals surface area contributed by atoms with E-state index in [1.165, 1.54) is 0 Å². The standard InChI is InChI=1S/C16H23ClN2O2.ClH/c1-10-8-13(6-7-14(10)17)21-11(2)15(20)19-16(3,9-18)12-4-5-12;/h6-8,11-12H,4-5,9,18H2,1-3H3,(H,19,20);1H. The van der Waals surface area contributed by atoms with Gasteiger partial charge in [0.15, 0.2) is 6.10 Å². The van der Waals surface area contributed by atoms with E-state index in [0.29, 0.717) is 23.2 Å². The molecule has 1 aliphatic carbocycles. The van der Waals surface area contributed by atoms with Crippen molar-refractivity contribution in [1.82, 2.24) is 5.32 Å². The van der Waals surface area contributed by atoms with Gasteiger partial charge in [0.1, 0.15) is 5.75 Å². The number of hydrogen-bond acceptors (Lipinski definition) is 3. The van der Waals surface area contributed by atoms with Crippen LogP contribution < -0.4 is 15.8 Å². The third-order valence-corrected chi connectivity index (χ3v) is 4.55. The minimum Gasteiger partial charge on any atom is -0.481 e. The number of amides is 1. The van der Waals surface area contributed by atoms with Gasteiger partial charge in [-0.2, -0.15) is 0 Å². The first-order chi connectivity index (χ1) is 9.85. The van der Waals surface area contributed by atoms with Gasteiger partial charge in [-0.15, -0.1) is 12.4 Å². The number of carbonyl (C=O) groups excluding carboxylic acids is 1. The van der Waals surface area contributed by atoms with Crippen molar-refractivity contribution in [3.05, 3.63) is 28.8 Å². The maximum Gasteiger partial charge on any atom is 0.261 e. The third-order valence-electron chi connectivity index (χ3n) is 4.12. The van der Waals surface area contributed by atoms with E-state index in [1.807, 2.05) is 19.9 Å². The summed E-state index contributed by atoms with van der Waals surface area (Å²) in [4.78, 5) is 12.3.